The quantitative estimate of drug-likeness (QED) is 0.364. The van der Waals surface area contributed by atoms with Crippen molar-refractivity contribution in [2.75, 3.05) is 19.6 Å². The normalized spacial score (nSPS) is 15.2. The summed E-state index contributed by atoms with van der Waals surface area (Å²) >= 11 is 0. The van der Waals surface area contributed by atoms with Crippen LogP contribution in [-0.2, 0) is 20.8 Å². The Kier molecular flexibility index (Phi) is 7.45. The van der Waals surface area contributed by atoms with Crippen molar-refractivity contribution in [2.24, 2.45) is 5.41 Å². The molecule has 2 heterocycles. The van der Waals surface area contributed by atoms with Crippen molar-refractivity contribution in [3.63, 3.8) is 0 Å². The van der Waals surface area contributed by atoms with E-state index < -0.39 is 5.41 Å². The molecule has 1 aromatic heterocycles. The minimum Gasteiger partial charge on any atom is -0.295 e. The minimum atomic E-state index is -0.678. The number of amides is 1. The van der Waals surface area contributed by atoms with Crippen molar-refractivity contribution < 1.29 is 14.4 Å². The van der Waals surface area contributed by atoms with Crippen LogP contribution in [0.4, 0.5) is 0 Å². The van der Waals surface area contributed by atoms with Crippen LogP contribution in [0.1, 0.15) is 51.5 Å². The van der Waals surface area contributed by atoms with Crippen LogP contribution in [0.25, 0.3) is 0 Å². The molecule has 6 nitrogen and oxygen atoms in total. The lowest BCUT2D eigenvalue weighted by atomic mass is 9.85. The molecule has 0 saturated carbocycles. The SMILES string of the molecule is CC(C)(CCN1CCCN1C(=O)CCCCc1cccnc1)C(=O)C=O. The molecule has 1 aromatic rings. The summed E-state index contributed by atoms with van der Waals surface area (Å²) in [7, 11) is 0. The Labute approximate surface area is 155 Å². The molecule has 0 bridgehead atoms. The van der Waals surface area contributed by atoms with Gasteiger partial charge in [-0.1, -0.05) is 19.9 Å². The van der Waals surface area contributed by atoms with E-state index in [0.717, 1.165) is 38.8 Å². The molecule has 0 radical (unpaired) electrons. The average Bonchev–Trinajstić information content (AvgIpc) is 3.12. The topological polar surface area (TPSA) is 70.6 Å². The predicted octanol–water partition coefficient (Wildman–Crippen LogP) is 2.43. The number of hydrogen-bond acceptors (Lipinski definition) is 5. The molecule has 0 aliphatic carbocycles. The number of aromatic nitrogens is 1. The number of hydrazine groups is 1. The Morgan fingerprint density at radius 1 is 1.27 bits per heavy atom. The number of ketones is 1. The first-order chi connectivity index (χ1) is 12.4. The van der Waals surface area contributed by atoms with Gasteiger partial charge in [0.25, 0.3) is 0 Å². The van der Waals surface area contributed by atoms with Gasteiger partial charge in [-0.2, -0.15) is 0 Å². The fraction of sp³-hybridized carbons (Fsp3) is 0.600. The maximum atomic E-state index is 12.5. The highest BCUT2D eigenvalue weighted by Gasteiger charge is 2.31. The summed E-state index contributed by atoms with van der Waals surface area (Å²) in [5, 5.41) is 3.86. The number of hydrogen-bond donors (Lipinski definition) is 0. The zero-order valence-corrected chi connectivity index (χ0v) is 15.8. The second kappa shape index (κ2) is 9.57. The lowest BCUT2D eigenvalue weighted by molar-refractivity contribution is -0.145. The van der Waals surface area contributed by atoms with E-state index in [4.69, 9.17) is 0 Å². The van der Waals surface area contributed by atoms with E-state index in [9.17, 15) is 14.4 Å². The summed E-state index contributed by atoms with van der Waals surface area (Å²) in [6.45, 7) is 5.75. The molecule has 1 fully saturated rings. The largest absolute Gasteiger partial charge is 0.295 e. The monoisotopic (exact) mass is 359 g/mol. The molecule has 1 aliphatic heterocycles. The Balaban J connectivity index is 1.75. The molecule has 0 unspecified atom stereocenters. The van der Waals surface area contributed by atoms with Gasteiger partial charge in [-0.3, -0.25) is 24.4 Å². The highest BCUT2D eigenvalue weighted by atomic mass is 16.2. The maximum absolute atomic E-state index is 12.5. The average molecular weight is 359 g/mol. The van der Waals surface area contributed by atoms with E-state index >= 15 is 0 Å². The lowest BCUT2D eigenvalue weighted by Gasteiger charge is -2.31. The number of Topliss-reactive ketones (excluding diaryl/α,β-unsaturated/α-hetero) is 1. The molecule has 142 valence electrons. The van der Waals surface area contributed by atoms with Crippen molar-refractivity contribution in [3.8, 4) is 0 Å². The van der Waals surface area contributed by atoms with Gasteiger partial charge in [-0.15, -0.1) is 0 Å². The first-order valence-corrected chi connectivity index (χ1v) is 9.38. The van der Waals surface area contributed by atoms with E-state index in [0.29, 0.717) is 25.7 Å². The number of pyridine rings is 1. The summed E-state index contributed by atoms with van der Waals surface area (Å²) in [5.74, 6) is -0.238. The second-order valence-corrected chi connectivity index (χ2v) is 7.51. The highest BCUT2D eigenvalue weighted by molar-refractivity contribution is 6.27. The van der Waals surface area contributed by atoms with Crippen molar-refractivity contribution in [1.29, 1.82) is 0 Å². The Morgan fingerprint density at radius 2 is 2.08 bits per heavy atom. The molecule has 26 heavy (non-hydrogen) atoms. The summed E-state index contributed by atoms with van der Waals surface area (Å²) < 4.78 is 0. The standard InChI is InChI=1S/C20H29N3O3/c1-20(2,18(25)16-24)10-14-22-12-6-13-23(22)19(26)9-4-3-7-17-8-5-11-21-15-17/h5,8,11,15-16H,3-4,6-7,9-10,12-14H2,1-2H3. The van der Waals surface area contributed by atoms with Crippen LogP contribution in [0.2, 0.25) is 0 Å². The van der Waals surface area contributed by atoms with Crippen LogP contribution in [-0.4, -0.2) is 52.6 Å². The summed E-state index contributed by atoms with van der Waals surface area (Å²) in [5.41, 5.74) is 0.521. The van der Waals surface area contributed by atoms with Gasteiger partial charge in [0.15, 0.2) is 6.29 Å². The minimum absolute atomic E-state index is 0.146. The zero-order chi connectivity index (χ0) is 19.0. The summed E-state index contributed by atoms with van der Waals surface area (Å²) in [6.07, 6.45) is 8.83. The Bertz CT molecular complexity index is 616. The van der Waals surface area contributed by atoms with Gasteiger partial charge in [0, 0.05) is 43.9 Å². The number of rotatable bonds is 10. The first kappa shape index (κ1) is 20.2. The first-order valence-electron chi connectivity index (χ1n) is 9.38. The van der Waals surface area contributed by atoms with Crippen LogP contribution in [0.3, 0.4) is 0 Å². The predicted molar refractivity (Wildman–Crippen MR) is 99.2 cm³/mol. The molecular weight excluding hydrogens is 330 g/mol. The molecule has 1 amide bonds. The number of carbonyl (C=O) groups is 3. The van der Waals surface area contributed by atoms with E-state index in [1.807, 2.05) is 22.3 Å². The van der Waals surface area contributed by atoms with Crippen molar-refractivity contribution in [2.45, 2.75) is 52.4 Å². The molecule has 1 saturated heterocycles. The molecule has 6 heteroatoms. The van der Waals surface area contributed by atoms with Crippen LogP contribution in [0, 0.1) is 5.41 Å². The lowest BCUT2D eigenvalue weighted by Crippen LogP contribution is -2.43. The Morgan fingerprint density at radius 3 is 2.77 bits per heavy atom. The van der Waals surface area contributed by atoms with Gasteiger partial charge < -0.3 is 0 Å². The Hall–Kier alpha value is -2.08. The van der Waals surface area contributed by atoms with Gasteiger partial charge in [0.05, 0.1) is 0 Å². The van der Waals surface area contributed by atoms with Crippen molar-refractivity contribution in [1.82, 2.24) is 15.0 Å². The molecule has 2 rings (SSSR count). The number of aldehydes is 1. The van der Waals surface area contributed by atoms with Gasteiger partial charge in [-0.05, 0) is 43.7 Å². The van der Waals surface area contributed by atoms with Gasteiger partial charge in [-0.25, -0.2) is 5.01 Å². The molecule has 0 atom stereocenters. The second-order valence-electron chi connectivity index (χ2n) is 7.51. The number of nitrogens with zero attached hydrogens (tertiary/aromatic N) is 3. The highest BCUT2D eigenvalue weighted by Crippen LogP contribution is 2.23. The van der Waals surface area contributed by atoms with Gasteiger partial charge >= 0.3 is 0 Å². The fourth-order valence-electron chi connectivity index (χ4n) is 3.15. The maximum Gasteiger partial charge on any atom is 0.236 e. The van der Waals surface area contributed by atoms with E-state index in [-0.39, 0.29) is 11.7 Å². The van der Waals surface area contributed by atoms with E-state index in [2.05, 4.69) is 11.1 Å². The summed E-state index contributed by atoms with van der Waals surface area (Å²) in [6, 6.07) is 3.98. The number of aryl methyl sites for hydroxylation is 1. The summed E-state index contributed by atoms with van der Waals surface area (Å²) in [4.78, 5) is 39.0. The molecule has 0 spiro atoms. The third kappa shape index (κ3) is 5.73. The molecule has 0 aromatic carbocycles. The van der Waals surface area contributed by atoms with Crippen LogP contribution in [0.15, 0.2) is 24.5 Å². The van der Waals surface area contributed by atoms with Gasteiger partial charge in [0.2, 0.25) is 11.7 Å². The van der Waals surface area contributed by atoms with Crippen LogP contribution in [0.5, 0.6) is 0 Å². The zero-order valence-electron chi connectivity index (χ0n) is 15.8. The fourth-order valence-corrected chi connectivity index (χ4v) is 3.15. The molecular formula is C20H29N3O3. The van der Waals surface area contributed by atoms with Crippen LogP contribution >= 0.6 is 0 Å². The van der Waals surface area contributed by atoms with Crippen molar-refractivity contribution >= 4 is 18.0 Å². The van der Waals surface area contributed by atoms with Crippen LogP contribution < -0.4 is 0 Å². The third-order valence-corrected chi connectivity index (χ3v) is 5.01. The molecule has 1 aliphatic rings. The van der Waals surface area contributed by atoms with Crippen molar-refractivity contribution in [3.05, 3.63) is 30.1 Å². The van der Waals surface area contributed by atoms with E-state index in [1.165, 1.54) is 5.56 Å². The van der Waals surface area contributed by atoms with Gasteiger partial charge in [0.1, 0.15) is 0 Å². The van der Waals surface area contributed by atoms with E-state index in [1.54, 1.807) is 20.0 Å². The number of unbranched alkanes of at least 4 members (excludes halogenated alkanes) is 1. The number of carbonyl (C=O) groups excluding carboxylic acids is 3. The smallest absolute Gasteiger partial charge is 0.236 e. The molecule has 0 N–H and O–H groups in total. The third-order valence-electron chi connectivity index (χ3n) is 5.01.